The van der Waals surface area contributed by atoms with Gasteiger partial charge < -0.3 is 5.73 Å². The van der Waals surface area contributed by atoms with E-state index in [1.165, 1.54) is 6.33 Å². The van der Waals surface area contributed by atoms with E-state index in [4.69, 9.17) is 5.73 Å². The fourth-order valence-electron chi connectivity index (χ4n) is 1.78. The van der Waals surface area contributed by atoms with Gasteiger partial charge >= 0.3 is 0 Å². The number of fused-ring (bicyclic) bond motifs is 1. The first-order chi connectivity index (χ1) is 8.88. The van der Waals surface area contributed by atoms with Gasteiger partial charge in [0.05, 0.1) is 17.6 Å². The molecule has 0 unspecified atom stereocenters. The summed E-state index contributed by atoms with van der Waals surface area (Å²) in [4.78, 5) is 17.1. The smallest absolute Gasteiger partial charge is 0.181 e. The summed E-state index contributed by atoms with van der Waals surface area (Å²) in [5.41, 5.74) is 9.41. The normalized spacial score (nSPS) is 10.7. The van der Waals surface area contributed by atoms with E-state index >= 15 is 0 Å². The van der Waals surface area contributed by atoms with Crippen LogP contribution in [0.3, 0.4) is 0 Å². The Morgan fingerprint density at radius 3 is 2.61 bits per heavy atom. The van der Waals surface area contributed by atoms with Crippen molar-refractivity contribution in [2.24, 2.45) is 5.73 Å². The molecule has 3 aromatic rings. The fraction of sp³-hybridized carbons (Fsp3) is 0.0769. The topological polar surface area (TPSA) is 77.6 Å². The van der Waals surface area contributed by atoms with Crippen LogP contribution in [0.5, 0.6) is 0 Å². The molecule has 0 saturated carbocycles. The van der Waals surface area contributed by atoms with Gasteiger partial charge in [-0.1, -0.05) is 30.3 Å². The van der Waals surface area contributed by atoms with Crippen molar-refractivity contribution in [1.29, 1.82) is 0 Å². The van der Waals surface area contributed by atoms with E-state index in [1.54, 1.807) is 6.20 Å². The highest BCUT2D eigenvalue weighted by Gasteiger charge is 2.07. The van der Waals surface area contributed by atoms with Gasteiger partial charge in [0, 0.05) is 12.1 Å². The molecule has 18 heavy (non-hydrogen) atoms. The summed E-state index contributed by atoms with van der Waals surface area (Å²) >= 11 is 0. The number of nitrogens with zero attached hydrogens (tertiary/aromatic N) is 4. The Balaban J connectivity index is 2.22. The standard InChI is InChI=1S/C13H11N5/c14-6-10-12-13(17-8-16-10)15-7-11(18-12)9-4-2-1-3-5-9/h1-5,7-8H,6,14H2. The van der Waals surface area contributed by atoms with Crippen LogP contribution in [-0.4, -0.2) is 19.9 Å². The Labute approximate surface area is 104 Å². The third kappa shape index (κ3) is 1.80. The quantitative estimate of drug-likeness (QED) is 0.731. The molecular weight excluding hydrogens is 226 g/mol. The van der Waals surface area contributed by atoms with E-state index in [9.17, 15) is 0 Å². The second-order valence-corrected chi connectivity index (χ2v) is 3.82. The second-order valence-electron chi connectivity index (χ2n) is 3.82. The number of hydrogen-bond acceptors (Lipinski definition) is 5. The third-order valence-electron chi connectivity index (χ3n) is 2.68. The average Bonchev–Trinajstić information content (AvgIpc) is 2.47. The van der Waals surface area contributed by atoms with Gasteiger partial charge in [-0.2, -0.15) is 0 Å². The molecule has 0 bridgehead atoms. The zero-order chi connectivity index (χ0) is 12.4. The molecule has 1 aromatic carbocycles. The number of benzene rings is 1. The minimum atomic E-state index is 0.325. The van der Waals surface area contributed by atoms with E-state index in [1.807, 2.05) is 30.3 Å². The molecular formula is C13H11N5. The van der Waals surface area contributed by atoms with Gasteiger partial charge in [-0.25, -0.2) is 19.9 Å². The van der Waals surface area contributed by atoms with Crippen LogP contribution >= 0.6 is 0 Å². The van der Waals surface area contributed by atoms with E-state index in [0.29, 0.717) is 23.4 Å². The molecule has 0 amide bonds. The molecule has 0 aliphatic rings. The van der Waals surface area contributed by atoms with Gasteiger partial charge in [0.25, 0.3) is 0 Å². The Bertz CT molecular complexity index is 681. The molecule has 88 valence electrons. The summed E-state index contributed by atoms with van der Waals surface area (Å²) in [6.07, 6.45) is 3.17. The van der Waals surface area contributed by atoms with E-state index in [2.05, 4.69) is 19.9 Å². The lowest BCUT2D eigenvalue weighted by Crippen LogP contribution is -2.04. The van der Waals surface area contributed by atoms with Crippen LogP contribution < -0.4 is 5.73 Å². The summed E-state index contributed by atoms with van der Waals surface area (Å²) < 4.78 is 0. The van der Waals surface area contributed by atoms with Crippen molar-refractivity contribution in [3.05, 3.63) is 48.5 Å². The summed E-state index contributed by atoms with van der Waals surface area (Å²) in [5, 5.41) is 0. The van der Waals surface area contributed by atoms with Gasteiger partial charge in [0.1, 0.15) is 11.8 Å². The molecule has 0 saturated heterocycles. The third-order valence-corrected chi connectivity index (χ3v) is 2.68. The minimum Gasteiger partial charge on any atom is -0.325 e. The molecule has 5 nitrogen and oxygen atoms in total. The molecule has 0 aliphatic carbocycles. The summed E-state index contributed by atoms with van der Waals surface area (Å²) in [5.74, 6) is 0. The van der Waals surface area contributed by atoms with Crippen molar-refractivity contribution >= 4 is 11.2 Å². The summed E-state index contributed by atoms with van der Waals surface area (Å²) in [6, 6.07) is 9.87. The van der Waals surface area contributed by atoms with Crippen LogP contribution in [0.25, 0.3) is 22.4 Å². The van der Waals surface area contributed by atoms with Crippen LogP contribution in [-0.2, 0) is 6.54 Å². The van der Waals surface area contributed by atoms with E-state index in [-0.39, 0.29) is 0 Å². The molecule has 3 rings (SSSR count). The van der Waals surface area contributed by atoms with Gasteiger partial charge in [-0.15, -0.1) is 0 Å². The maximum absolute atomic E-state index is 5.65. The SMILES string of the molecule is NCc1ncnc2ncc(-c3ccccc3)nc12. The van der Waals surface area contributed by atoms with Crippen molar-refractivity contribution in [1.82, 2.24) is 19.9 Å². The minimum absolute atomic E-state index is 0.325. The zero-order valence-electron chi connectivity index (χ0n) is 9.61. The van der Waals surface area contributed by atoms with Crippen molar-refractivity contribution in [2.45, 2.75) is 6.54 Å². The lowest BCUT2D eigenvalue weighted by molar-refractivity contribution is 0.973. The van der Waals surface area contributed by atoms with Gasteiger partial charge in [0.2, 0.25) is 0 Å². The molecule has 2 heterocycles. The van der Waals surface area contributed by atoms with Crippen LogP contribution in [0.15, 0.2) is 42.9 Å². The number of rotatable bonds is 2. The first-order valence-corrected chi connectivity index (χ1v) is 5.60. The van der Waals surface area contributed by atoms with Crippen LogP contribution in [0.1, 0.15) is 5.69 Å². The largest absolute Gasteiger partial charge is 0.325 e. The number of aromatic nitrogens is 4. The number of nitrogens with two attached hydrogens (primary N) is 1. The molecule has 2 N–H and O–H groups in total. The molecule has 2 aromatic heterocycles. The first-order valence-electron chi connectivity index (χ1n) is 5.60. The molecule has 0 fully saturated rings. The maximum Gasteiger partial charge on any atom is 0.181 e. The van der Waals surface area contributed by atoms with Gasteiger partial charge in [0.15, 0.2) is 5.65 Å². The van der Waals surface area contributed by atoms with Crippen LogP contribution in [0.2, 0.25) is 0 Å². The monoisotopic (exact) mass is 237 g/mol. The predicted octanol–water partition coefficient (Wildman–Crippen LogP) is 1.55. The zero-order valence-corrected chi connectivity index (χ0v) is 9.61. The van der Waals surface area contributed by atoms with Crippen molar-refractivity contribution in [3.63, 3.8) is 0 Å². The predicted molar refractivity (Wildman–Crippen MR) is 68.5 cm³/mol. The lowest BCUT2D eigenvalue weighted by atomic mass is 10.1. The molecule has 0 atom stereocenters. The molecule has 0 aliphatic heterocycles. The highest BCUT2D eigenvalue weighted by Crippen LogP contribution is 2.18. The fourth-order valence-corrected chi connectivity index (χ4v) is 1.78. The molecule has 5 heteroatoms. The van der Waals surface area contributed by atoms with Crippen LogP contribution in [0, 0.1) is 0 Å². The van der Waals surface area contributed by atoms with Crippen molar-refractivity contribution in [3.8, 4) is 11.3 Å². The Morgan fingerprint density at radius 2 is 1.83 bits per heavy atom. The average molecular weight is 237 g/mol. The second kappa shape index (κ2) is 4.46. The lowest BCUT2D eigenvalue weighted by Gasteiger charge is -2.04. The van der Waals surface area contributed by atoms with Crippen molar-refractivity contribution in [2.75, 3.05) is 0 Å². The van der Waals surface area contributed by atoms with Crippen LogP contribution in [0.4, 0.5) is 0 Å². The highest BCUT2D eigenvalue weighted by atomic mass is 15.0. The van der Waals surface area contributed by atoms with Crippen molar-refractivity contribution < 1.29 is 0 Å². The number of hydrogen-bond donors (Lipinski definition) is 1. The summed E-state index contributed by atoms with van der Waals surface area (Å²) in [6.45, 7) is 0.325. The van der Waals surface area contributed by atoms with E-state index < -0.39 is 0 Å². The maximum atomic E-state index is 5.65. The van der Waals surface area contributed by atoms with E-state index in [0.717, 1.165) is 11.3 Å². The first kappa shape index (κ1) is 10.7. The Kier molecular flexibility index (Phi) is 2.66. The highest BCUT2D eigenvalue weighted by molar-refractivity contribution is 5.75. The van der Waals surface area contributed by atoms with Gasteiger partial charge in [-0.05, 0) is 0 Å². The van der Waals surface area contributed by atoms with Gasteiger partial charge in [-0.3, -0.25) is 0 Å². The molecule has 0 radical (unpaired) electrons. The Morgan fingerprint density at radius 1 is 1.00 bits per heavy atom. The summed E-state index contributed by atoms with van der Waals surface area (Å²) in [7, 11) is 0. The Hall–Kier alpha value is -2.40. The molecule has 0 spiro atoms.